The lowest BCUT2D eigenvalue weighted by molar-refractivity contribution is -0.0159. The summed E-state index contributed by atoms with van der Waals surface area (Å²) < 4.78 is 44.5. The van der Waals surface area contributed by atoms with E-state index in [9.17, 15) is 8.42 Å². The van der Waals surface area contributed by atoms with Crippen molar-refractivity contribution >= 4 is 10.1 Å². The quantitative estimate of drug-likeness (QED) is 0.282. The number of fused-ring (bicyclic) bond motifs is 5. The number of nitrogens with one attached hydrogen (secondary N) is 1. The van der Waals surface area contributed by atoms with E-state index in [1.54, 1.807) is 26.4 Å². The lowest BCUT2D eigenvalue weighted by atomic mass is 9.55. The lowest BCUT2D eigenvalue weighted by Gasteiger charge is -2.50. The second kappa shape index (κ2) is 11.7. The van der Waals surface area contributed by atoms with Crippen molar-refractivity contribution in [3.63, 3.8) is 0 Å². The molecular weight excluding hydrogens is 546 g/mol. The molecule has 0 radical (unpaired) electrons. The molecule has 0 spiro atoms. The van der Waals surface area contributed by atoms with Crippen LogP contribution in [0.25, 0.3) is 0 Å². The zero-order chi connectivity index (χ0) is 29.5. The molecule has 2 fully saturated rings. The Morgan fingerprint density at radius 3 is 2.36 bits per heavy atom. The zero-order valence-corrected chi connectivity index (χ0v) is 26.0. The maximum atomic E-state index is 13.7. The topological polar surface area (TPSA) is 73.9 Å². The van der Waals surface area contributed by atoms with E-state index >= 15 is 0 Å². The minimum Gasteiger partial charge on any atom is -0.497 e. The number of aryl methyl sites for hydroxylation is 2. The minimum atomic E-state index is -3.91. The van der Waals surface area contributed by atoms with E-state index < -0.39 is 10.1 Å². The highest BCUT2D eigenvalue weighted by molar-refractivity contribution is 7.86. The molecule has 3 aromatic rings. The van der Waals surface area contributed by atoms with E-state index in [4.69, 9.17) is 13.7 Å². The van der Waals surface area contributed by atoms with Gasteiger partial charge in [-0.3, -0.25) is 4.18 Å². The van der Waals surface area contributed by atoms with Gasteiger partial charge in [0.2, 0.25) is 0 Å². The van der Waals surface area contributed by atoms with E-state index in [1.807, 2.05) is 31.2 Å². The van der Waals surface area contributed by atoms with E-state index in [2.05, 4.69) is 42.6 Å². The largest absolute Gasteiger partial charge is 0.497 e. The average molecular weight is 590 g/mol. The predicted octanol–water partition coefficient (Wildman–Crippen LogP) is 6.66. The third-order valence-electron chi connectivity index (χ3n) is 10.4. The molecule has 224 valence electrons. The van der Waals surface area contributed by atoms with Crippen molar-refractivity contribution in [1.29, 1.82) is 0 Å². The monoisotopic (exact) mass is 589 g/mol. The molecule has 42 heavy (non-hydrogen) atoms. The van der Waals surface area contributed by atoms with Crippen molar-refractivity contribution in [3.8, 4) is 11.5 Å². The molecule has 2 saturated carbocycles. The van der Waals surface area contributed by atoms with Crippen LogP contribution in [0.2, 0.25) is 0 Å². The van der Waals surface area contributed by atoms with Gasteiger partial charge in [0.05, 0.1) is 25.2 Å². The normalized spacial score (nSPS) is 28.4. The summed E-state index contributed by atoms with van der Waals surface area (Å²) in [5.41, 5.74) is 4.84. The molecule has 7 heteroatoms. The number of ether oxygens (including phenoxy) is 2. The second-order valence-electron chi connectivity index (χ2n) is 12.8. The van der Waals surface area contributed by atoms with E-state index in [0.717, 1.165) is 49.2 Å². The Bertz CT molecular complexity index is 1500. The van der Waals surface area contributed by atoms with Gasteiger partial charge in [0.15, 0.2) is 0 Å². The zero-order valence-electron chi connectivity index (χ0n) is 25.1. The molecular formula is C35H43NO5S. The Morgan fingerprint density at radius 2 is 1.64 bits per heavy atom. The van der Waals surface area contributed by atoms with Gasteiger partial charge in [0.1, 0.15) is 11.5 Å². The second-order valence-corrected chi connectivity index (χ2v) is 14.4. The number of methoxy groups -OCH3 is 2. The fourth-order valence-electron chi connectivity index (χ4n) is 8.24. The Labute approximate surface area is 250 Å². The first kappa shape index (κ1) is 29.2. The van der Waals surface area contributed by atoms with Crippen molar-refractivity contribution in [2.45, 2.75) is 69.4 Å². The van der Waals surface area contributed by atoms with Crippen LogP contribution < -0.4 is 14.8 Å². The van der Waals surface area contributed by atoms with E-state index in [1.165, 1.54) is 16.7 Å². The highest BCUT2D eigenvalue weighted by Gasteiger charge is 2.59. The maximum absolute atomic E-state index is 13.7. The summed E-state index contributed by atoms with van der Waals surface area (Å²) in [4.78, 5) is 0.235. The van der Waals surface area contributed by atoms with Crippen LogP contribution in [0.5, 0.6) is 11.5 Å². The molecule has 0 bridgehead atoms. The van der Waals surface area contributed by atoms with Crippen molar-refractivity contribution in [3.05, 3.63) is 89.0 Å². The van der Waals surface area contributed by atoms with Gasteiger partial charge in [0.25, 0.3) is 10.1 Å². The molecule has 0 aromatic heterocycles. The summed E-state index contributed by atoms with van der Waals surface area (Å²) in [7, 11) is -0.509. The van der Waals surface area contributed by atoms with Gasteiger partial charge in [-0.15, -0.1) is 0 Å². The fraction of sp³-hybridized carbons (Fsp3) is 0.486. The fourth-order valence-corrected chi connectivity index (χ4v) is 9.47. The summed E-state index contributed by atoms with van der Waals surface area (Å²) in [6.07, 6.45) is 4.74. The summed E-state index contributed by atoms with van der Waals surface area (Å²) >= 11 is 0. The standard InChI is InChI=1S/C35H43NO5S/c1-23-5-13-29(14-6-23)42(37,38)41-34-26(22-36-21-24-7-10-27(39-3)11-8-24)20-33-32-15-9-25-19-28(40-4)12-16-30(25)31(32)17-18-35(33,34)2/h5-8,10-14,16,19,26,31-34,36H,9,15,17-18,20-22H2,1-4H3/t26-,31+,32+,33-,34-,35-/m0/s1. The van der Waals surface area contributed by atoms with Crippen LogP contribution in [0.15, 0.2) is 71.6 Å². The Balaban J connectivity index is 1.26. The Kier molecular flexibility index (Phi) is 8.11. The molecule has 0 heterocycles. The van der Waals surface area contributed by atoms with Crippen LogP contribution in [-0.2, 0) is 27.3 Å². The third-order valence-corrected chi connectivity index (χ3v) is 11.8. The average Bonchev–Trinajstić information content (AvgIpc) is 3.27. The molecule has 0 amide bonds. The van der Waals surface area contributed by atoms with Gasteiger partial charge in [-0.05, 0) is 121 Å². The van der Waals surface area contributed by atoms with Crippen molar-refractivity contribution in [1.82, 2.24) is 5.32 Å². The van der Waals surface area contributed by atoms with Crippen LogP contribution in [0.3, 0.4) is 0 Å². The molecule has 3 aliphatic carbocycles. The van der Waals surface area contributed by atoms with Crippen molar-refractivity contribution in [2.24, 2.45) is 23.2 Å². The van der Waals surface area contributed by atoms with Gasteiger partial charge in [-0.1, -0.05) is 42.8 Å². The molecule has 1 N–H and O–H groups in total. The van der Waals surface area contributed by atoms with Gasteiger partial charge >= 0.3 is 0 Å². The van der Waals surface area contributed by atoms with Crippen molar-refractivity contribution < 1.29 is 22.1 Å². The smallest absolute Gasteiger partial charge is 0.297 e. The molecule has 6 atom stereocenters. The molecule has 0 saturated heterocycles. The van der Waals surface area contributed by atoms with Crippen LogP contribution in [0, 0.1) is 30.1 Å². The predicted molar refractivity (Wildman–Crippen MR) is 164 cm³/mol. The molecule has 6 rings (SSSR count). The number of hydrogen-bond acceptors (Lipinski definition) is 6. The lowest BCUT2D eigenvalue weighted by Crippen LogP contribution is -2.46. The highest BCUT2D eigenvalue weighted by atomic mass is 32.2. The molecule has 0 unspecified atom stereocenters. The molecule has 3 aliphatic rings. The van der Waals surface area contributed by atoms with Crippen LogP contribution in [0.4, 0.5) is 0 Å². The van der Waals surface area contributed by atoms with Crippen molar-refractivity contribution in [2.75, 3.05) is 20.8 Å². The maximum Gasteiger partial charge on any atom is 0.297 e. The van der Waals surface area contributed by atoms with Crippen LogP contribution >= 0.6 is 0 Å². The molecule has 3 aromatic carbocycles. The highest BCUT2D eigenvalue weighted by Crippen LogP contribution is 2.63. The number of rotatable bonds is 9. The summed E-state index contributed by atoms with van der Waals surface area (Å²) in [6, 6.07) is 21.7. The first-order valence-electron chi connectivity index (χ1n) is 15.2. The van der Waals surface area contributed by atoms with E-state index in [-0.39, 0.29) is 22.3 Å². The summed E-state index contributed by atoms with van der Waals surface area (Å²) in [5.74, 6) is 3.27. The molecule has 0 aliphatic heterocycles. The summed E-state index contributed by atoms with van der Waals surface area (Å²) in [5, 5.41) is 3.64. The van der Waals surface area contributed by atoms with Crippen LogP contribution in [0.1, 0.15) is 60.8 Å². The first-order chi connectivity index (χ1) is 20.2. The van der Waals surface area contributed by atoms with Gasteiger partial charge in [-0.2, -0.15) is 8.42 Å². The molecule has 6 nitrogen and oxygen atoms in total. The van der Waals surface area contributed by atoms with Gasteiger partial charge in [-0.25, -0.2) is 0 Å². The Hall–Kier alpha value is -2.87. The number of benzene rings is 3. The SMILES string of the molecule is COc1ccc(CNC[C@@H]2C[C@H]3[C@@H]4CCc5cc(OC)ccc5[C@H]4CC[C@]3(C)[C@H]2OS(=O)(=O)c2ccc(C)cc2)cc1. The summed E-state index contributed by atoms with van der Waals surface area (Å²) in [6.45, 7) is 5.68. The first-order valence-corrected chi connectivity index (χ1v) is 16.6. The van der Waals surface area contributed by atoms with E-state index in [0.29, 0.717) is 30.8 Å². The minimum absolute atomic E-state index is 0.0921. The Morgan fingerprint density at radius 1 is 0.929 bits per heavy atom. The van der Waals surface area contributed by atoms with Gasteiger partial charge in [0, 0.05) is 13.1 Å². The van der Waals surface area contributed by atoms with Crippen LogP contribution in [-0.4, -0.2) is 35.3 Å². The third kappa shape index (κ3) is 5.47. The van der Waals surface area contributed by atoms with Gasteiger partial charge < -0.3 is 14.8 Å². The number of hydrogen-bond donors (Lipinski definition) is 1.